The summed E-state index contributed by atoms with van der Waals surface area (Å²) in [5.41, 5.74) is 1.40. The Kier molecular flexibility index (Phi) is 6.21. The first-order valence-electron chi connectivity index (χ1n) is 11.8. The van der Waals surface area contributed by atoms with Crippen molar-refractivity contribution < 1.29 is 18.4 Å². The number of para-hydroxylation sites is 1. The smallest absolute Gasteiger partial charge is 0.291 e. The first-order valence-corrected chi connectivity index (χ1v) is 11.8. The molecule has 0 saturated carbocycles. The number of fused-ring (bicyclic) bond motifs is 2. The minimum absolute atomic E-state index is 0.0940. The second-order valence-electron chi connectivity index (χ2n) is 8.56. The number of ether oxygens (including phenoxy) is 1. The van der Waals surface area contributed by atoms with Crippen molar-refractivity contribution >= 4 is 16.9 Å². The predicted molar refractivity (Wildman–Crippen MR) is 129 cm³/mol. The lowest BCUT2D eigenvalue weighted by atomic mass is 9.98. The minimum Gasteiger partial charge on any atom is -0.494 e. The maximum absolute atomic E-state index is 13.5. The van der Waals surface area contributed by atoms with Crippen LogP contribution in [0.25, 0.3) is 11.0 Å². The molecule has 1 aliphatic heterocycles. The number of carbonyl (C=O) groups excluding carboxylic acids is 1. The minimum atomic E-state index is -0.577. The zero-order valence-corrected chi connectivity index (χ0v) is 19.2. The van der Waals surface area contributed by atoms with Crippen LogP contribution in [-0.2, 0) is 6.54 Å². The van der Waals surface area contributed by atoms with E-state index < -0.39 is 6.04 Å². The van der Waals surface area contributed by atoms with Gasteiger partial charge in [0.05, 0.1) is 36.4 Å². The maximum Gasteiger partial charge on any atom is 0.291 e. The van der Waals surface area contributed by atoms with Crippen LogP contribution in [0.3, 0.4) is 0 Å². The number of amides is 1. The fourth-order valence-electron chi connectivity index (χ4n) is 4.51. The fraction of sp³-hybridized carbons (Fsp3) is 0.286. The Labute approximate surface area is 197 Å². The zero-order chi connectivity index (χ0) is 23.5. The van der Waals surface area contributed by atoms with Crippen LogP contribution in [0.15, 0.2) is 80.6 Å². The van der Waals surface area contributed by atoms with Crippen molar-refractivity contribution in [2.75, 3.05) is 6.61 Å². The van der Waals surface area contributed by atoms with E-state index in [1.54, 1.807) is 41.5 Å². The molecule has 0 aliphatic carbocycles. The first-order chi connectivity index (χ1) is 16.7. The number of carbonyl (C=O) groups is 1. The van der Waals surface area contributed by atoms with Gasteiger partial charge in [0.1, 0.15) is 17.1 Å². The summed E-state index contributed by atoms with van der Waals surface area (Å²) in [7, 11) is 0. The summed E-state index contributed by atoms with van der Waals surface area (Å²) < 4.78 is 17.3. The molecule has 174 valence electrons. The lowest BCUT2D eigenvalue weighted by Crippen LogP contribution is -2.29. The molecule has 6 nitrogen and oxygen atoms in total. The molecule has 1 unspecified atom stereocenters. The summed E-state index contributed by atoms with van der Waals surface area (Å²) in [6.07, 6.45) is 6.14. The molecule has 34 heavy (non-hydrogen) atoms. The number of benzene rings is 2. The number of unbranched alkanes of at least 4 members (excludes halogenated alkanes) is 3. The SMILES string of the molecule is CCCCCCOc1ccc(C2c3c(oc4ccccc4c3=O)C(=O)N2Cc2ccco2)cc1. The molecular formula is C28H27NO5. The van der Waals surface area contributed by atoms with Gasteiger partial charge in [-0.2, -0.15) is 0 Å². The molecule has 4 aromatic rings. The van der Waals surface area contributed by atoms with E-state index in [9.17, 15) is 9.59 Å². The number of nitrogens with zero attached hydrogens (tertiary/aromatic N) is 1. The Morgan fingerprint density at radius 1 is 0.941 bits per heavy atom. The van der Waals surface area contributed by atoms with E-state index in [0.717, 1.165) is 24.2 Å². The van der Waals surface area contributed by atoms with Crippen LogP contribution >= 0.6 is 0 Å². The Bertz CT molecular complexity index is 1340. The largest absolute Gasteiger partial charge is 0.494 e. The van der Waals surface area contributed by atoms with Crippen LogP contribution in [0, 0.1) is 0 Å². The molecule has 2 aromatic carbocycles. The molecular weight excluding hydrogens is 430 g/mol. The summed E-state index contributed by atoms with van der Waals surface area (Å²) in [6.45, 7) is 3.08. The summed E-state index contributed by atoms with van der Waals surface area (Å²) in [6, 6.07) is 17.7. The summed E-state index contributed by atoms with van der Waals surface area (Å²) in [4.78, 5) is 28.6. The van der Waals surface area contributed by atoms with Crippen molar-refractivity contribution in [1.29, 1.82) is 0 Å². The molecule has 0 radical (unpaired) electrons. The predicted octanol–water partition coefficient (Wildman–Crippen LogP) is 6.09. The molecule has 0 saturated heterocycles. The summed E-state index contributed by atoms with van der Waals surface area (Å²) in [5.74, 6) is 1.18. The number of hydrogen-bond donors (Lipinski definition) is 0. The summed E-state index contributed by atoms with van der Waals surface area (Å²) in [5, 5.41) is 0.464. The molecule has 1 amide bonds. The van der Waals surface area contributed by atoms with Crippen molar-refractivity contribution in [3.63, 3.8) is 0 Å². The topological polar surface area (TPSA) is 72.9 Å². The maximum atomic E-state index is 13.5. The van der Waals surface area contributed by atoms with Gasteiger partial charge >= 0.3 is 0 Å². The normalized spacial score (nSPS) is 15.1. The molecule has 5 rings (SSSR count). The van der Waals surface area contributed by atoms with Crippen LogP contribution in [0.2, 0.25) is 0 Å². The Morgan fingerprint density at radius 2 is 1.76 bits per heavy atom. The van der Waals surface area contributed by atoms with Gasteiger partial charge in [0.2, 0.25) is 5.76 Å². The van der Waals surface area contributed by atoms with Gasteiger partial charge in [0.25, 0.3) is 5.91 Å². The molecule has 2 aromatic heterocycles. The van der Waals surface area contributed by atoms with E-state index in [1.807, 2.05) is 30.3 Å². The molecule has 1 atom stereocenters. The van der Waals surface area contributed by atoms with E-state index in [4.69, 9.17) is 13.6 Å². The van der Waals surface area contributed by atoms with E-state index in [1.165, 1.54) is 12.8 Å². The lowest BCUT2D eigenvalue weighted by molar-refractivity contribution is 0.0701. The quantitative estimate of drug-likeness (QED) is 0.284. The average Bonchev–Trinajstić information content (AvgIpc) is 3.47. The molecule has 0 fully saturated rings. The third kappa shape index (κ3) is 4.12. The van der Waals surface area contributed by atoms with Crippen molar-refractivity contribution in [3.8, 4) is 5.75 Å². The van der Waals surface area contributed by atoms with Gasteiger partial charge < -0.3 is 18.5 Å². The van der Waals surface area contributed by atoms with E-state index in [2.05, 4.69) is 6.92 Å². The Morgan fingerprint density at radius 3 is 2.53 bits per heavy atom. The lowest BCUT2D eigenvalue weighted by Gasteiger charge is -2.24. The van der Waals surface area contributed by atoms with Crippen molar-refractivity contribution in [2.45, 2.75) is 45.2 Å². The average molecular weight is 458 g/mol. The van der Waals surface area contributed by atoms with Gasteiger partial charge in [0.15, 0.2) is 5.43 Å². The van der Waals surface area contributed by atoms with E-state index in [-0.39, 0.29) is 23.6 Å². The molecule has 3 heterocycles. The van der Waals surface area contributed by atoms with Crippen LogP contribution in [0.5, 0.6) is 5.75 Å². The highest BCUT2D eigenvalue weighted by atomic mass is 16.5. The molecule has 0 bridgehead atoms. The fourth-order valence-corrected chi connectivity index (χ4v) is 4.51. The number of rotatable bonds is 9. The van der Waals surface area contributed by atoms with Gasteiger partial charge in [-0.1, -0.05) is 50.5 Å². The third-order valence-electron chi connectivity index (χ3n) is 6.24. The molecule has 1 aliphatic rings. The van der Waals surface area contributed by atoms with Crippen molar-refractivity contribution in [2.24, 2.45) is 0 Å². The van der Waals surface area contributed by atoms with Crippen molar-refractivity contribution in [1.82, 2.24) is 4.90 Å². The van der Waals surface area contributed by atoms with Crippen LogP contribution < -0.4 is 10.2 Å². The van der Waals surface area contributed by atoms with E-state index in [0.29, 0.717) is 28.9 Å². The van der Waals surface area contributed by atoms with Crippen LogP contribution in [0.1, 0.15) is 66.1 Å². The van der Waals surface area contributed by atoms with Gasteiger partial charge in [-0.25, -0.2) is 0 Å². The summed E-state index contributed by atoms with van der Waals surface area (Å²) >= 11 is 0. The van der Waals surface area contributed by atoms with Crippen LogP contribution in [-0.4, -0.2) is 17.4 Å². The molecule has 0 N–H and O–H groups in total. The highest BCUT2D eigenvalue weighted by Gasteiger charge is 2.43. The van der Waals surface area contributed by atoms with Gasteiger partial charge in [-0.3, -0.25) is 9.59 Å². The van der Waals surface area contributed by atoms with Gasteiger partial charge in [-0.15, -0.1) is 0 Å². The standard InChI is InChI=1S/C28H27NO5/c1-2-3-4-7-16-32-20-14-12-19(13-15-20)25-24-26(30)22-10-5-6-11-23(22)34-27(24)28(31)29(25)18-21-9-8-17-33-21/h5-6,8-15,17,25H,2-4,7,16,18H2,1H3. The third-order valence-corrected chi connectivity index (χ3v) is 6.24. The zero-order valence-electron chi connectivity index (χ0n) is 19.2. The van der Waals surface area contributed by atoms with Gasteiger partial charge in [-0.05, 0) is 48.4 Å². The molecule has 6 heteroatoms. The Balaban J connectivity index is 1.50. The monoisotopic (exact) mass is 457 g/mol. The second kappa shape index (κ2) is 9.59. The van der Waals surface area contributed by atoms with Crippen LogP contribution in [0.4, 0.5) is 0 Å². The van der Waals surface area contributed by atoms with E-state index >= 15 is 0 Å². The Hall–Kier alpha value is -3.80. The molecule has 0 spiro atoms. The highest BCUT2D eigenvalue weighted by Crippen LogP contribution is 2.39. The number of furan rings is 1. The second-order valence-corrected chi connectivity index (χ2v) is 8.56. The van der Waals surface area contributed by atoms with Gasteiger partial charge in [0, 0.05) is 0 Å². The van der Waals surface area contributed by atoms with Crippen molar-refractivity contribution in [3.05, 3.63) is 99.8 Å². The first kappa shape index (κ1) is 22.0. The highest BCUT2D eigenvalue weighted by molar-refractivity contribution is 5.99. The number of hydrogen-bond acceptors (Lipinski definition) is 5.